The van der Waals surface area contributed by atoms with Crippen LogP contribution in [0.15, 0.2) is 16.5 Å². The lowest BCUT2D eigenvalue weighted by Crippen LogP contribution is -2.37. The Labute approximate surface area is 110 Å². The minimum atomic E-state index is 0.383. The third-order valence-electron chi connectivity index (χ3n) is 3.99. The van der Waals surface area contributed by atoms with Crippen molar-refractivity contribution in [1.82, 2.24) is 4.90 Å². The van der Waals surface area contributed by atoms with Gasteiger partial charge in [0, 0.05) is 12.6 Å². The minimum absolute atomic E-state index is 0.383. The molecular weight excluding hydrogens is 224 g/mol. The molecule has 0 bridgehead atoms. The smallest absolute Gasteiger partial charge is 0.118 e. The van der Waals surface area contributed by atoms with E-state index in [2.05, 4.69) is 18.0 Å². The summed E-state index contributed by atoms with van der Waals surface area (Å²) in [5.41, 5.74) is 6.27. The van der Waals surface area contributed by atoms with Crippen LogP contribution in [0.1, 0.15) is 43.6 Å². The molecule has 1 aromatic heterocycles. The second kappa shape index (κ2) is 6.39. The Hall–Kier alpha value is -0.800. The molecule has 0 aromatic carbocycles. The van der Waals surface area contributed by atoms with Crippen molar-refractivity contribution in [2.75, 3.05) is 13.6 Å². The number of aryl methyl sites for hydroxylation is 1. The van der Waals surface area contributed by atoms with Crippen LogP contribution in [0.4, 0.5) is 0 Å². The van der Waals surface area contributed by atoms with Gasteiger partial charge in [0.2, 0.25) is 0 Å². The lowest BCUT2D eigenvalue weighted by Gasteiger charge is -2.26. The van der Waals surface area contributed by atoms with E-state index in [1.165, 1.54) is 32.1 Å². The van der Waals surface area contributed by atoms with Crippen LogP contribution in [0, 0.1) is 12.8 Å². The average Bonchev–Trinajstić information content (AvgIpc) is 2.61. The van der Waals surface area contributed by atoms with Crippen LogP contribution in [-0.2, 0) is 6.54 Å². The van der Waals surface area contributed by atoms with Crippen LogP contribution >= 0.6 is 0 Å². The Morgan fingerprint density at radius 1 is 1.28 bits per heavy atom. The highest BCUT2D eigenvalue weighted by Gasteiger charge is 2.21. The van der Waals surface area contributed by atoms with Crippen molar-refractivity contribution in [3.63, 3.8) is 0 Å². The molecule has 2 atom stereocenters. The van der Waals surface area contributed by atoms with E-state index in [4.69, 9.17) is 10.2 Å². The Kier molecular flexibility index (Phi) is 4.84. The number of nitrogens with zero attached hydrogens (tertiary/aromatic N) is 1. The Balaban J connectivity index is 1.84. The number of nitrogens with two attached hydrogens (primary N) is 1. The van der Waals surface area contributed by atoms with Crippen LogP contribution < -0.4 is 5.73 Å². The molecule has 1 aliphatic carbocycles. The van der Waals surface area contributed by atoms with Gasteiger partial charge in [-0.1, -0.05) is 19.3 Å². The van der Waals surface area contributed by atoms with E-state index in [1.54, 1.807) is 0 Å². The molecule has 1 aromatic rings. The van der Waals surface area contributed by atoms with Gasteiger partial charge in [0.25, 0.3) is 0 Å². The zero-order valence-corrected chi connectivity index (χ0v) is 11.7. The molecule has 0 radical (unpaired) electrons. The maximum atomic E-state index is 6.27. The number of furan rings is 1. The molecule has 1 heterocycles. The Morgan fingerprint density at radius 3 is 2.78 bits per heavy atom. The highest BCUT2D eigenvalue weighted by molar-refractivity contribution is 5.05. The summed E-state index contributed by atoms with van der Waals surface area (Å²) in [6.45, 7) is 3.96. The van der Waals surface area contributed by atoms with Crippen molar-refractivity contribution < 1.29 is 4.42 Å². The molecule has 3 nitrogen and oxygen atoms in total. The van der Waals surface area contributed by atoms with Crippen LogP contribution in [0.5, 0.6) is 0 Å². The summed E-state index contributed by atoms with van der Waals surface area (Å²) in [5.74, 6) is 2.69. The van der Waals surface area contributed by atoms with Crippen molar-refractivity contribution in [3.05, 3.63) is 23.7 Å². The van der Waals surface area contributed by atoms with Crippen LogP contribution in [0.3, 0.4) is 0 Å². The molecule has 0 amide bonds. The van der Waals surface area contributed by atoms with Gasteiger partial charge >= 0.3 is 0 Å². The minimum Gasteiger partial charge on any atom is -0.465 e. The van der Waals surface area contributed by atoms with E-state index in [0.717, 1.165) is 24.6 Å². The fourth-order valence-corrected chi connectivity index (χ4v) is 2.94. The third-order valence-corrected chi connectivity index (χ3v) is 3.99. The van der Waals surface area contributed by atoms with Gasteiger partial charge in [-0.25, -0.2) is 0 Å². The summed E-state index contributed by atoms with van der Waals surface area (Å²) >= 11 is 0. The van der Waals surface area contributed by atoms with E-state index in [0.29, 0.717) is 12.0 Å². The Bertz CT molecular complexity index is 361. The van der Waals surface area contributed by atoms with Gasteiger partial charge in [0.1, 0.15) is 11.5 Å². The van der Waals surface area contributed by atoms with E-state index >= 15 is 0 Å². The van der Waals surface area contributed by atoms with Crippen molar-refractivity contribution in [1.29, 1.82) is 0 Å². The second-order valence-corrected chi connectivity index (χ2v) is 5.77. The molecule has 2 unspecified atom stereocenters. The van der Waals surface area contributed by atoms with Gasteiger partial charge in [0.15, 0.2) is 0 Å². The quantitative estimate of drug-likeness (QED) is 0.835. The van der Waals surface area contributed by atoms with Crippen LogP contribution in [0.2, 0.25) is 0 Å². The van der Waals surface area contributed by atoms with Crippen LogP contribution in [0.25, 0.3) is 0 Å². The molecular formula is C15H26N2O. The SMILES string of the molecule is Cc1ccc(CN(C)CC2CCCCCC2N)o1. The third kappa shape index (κ3) is 3.85. The monoisotopic (exact) mass is 250 g/mol. The van der Waals surface area contributed by atoms with Crippen molar-refractivity contribution in [3.8, 4) is 0 Å². The predicted molar refractivity (Wildman–Crippen MR) is 74.3 cm³/mol. The summed E-state index contributed by atoms with van der Waals surface area (Å²) < 4.78 is 5.62. The molecule has 1 aliphatic rings. The largest absolute Gasteiger partial charge is 0.465 e. The number of hydrogen-bond donors (Lipinski definition) is 1. The van der Waals surface area contributed by atoms with Crippen LogP contribution in [-0.4, -0.2) is 24.5 Å². The summed E-state index contributed by atoms with van der Waals surface area (Å²) in [7, 11) is 2.16. The molecule has 1 saturated carbocycles. The topological polar surface area (TPSA) is 42.4 Å². The molecule has 18 heavy (non-hydrogen) atoms. The van der Waals surface area contributed by atoms with Gasteiger partial charge in [0.05, 0.1) is 6.54 Å². The van der Waals surface area contributed by atoms with E-state index < -0.39 is 0 Å². The molecule has 1 fully saturated rings. The molecule has 2 N–H and O–H groups in total. The second-order valence-electron chi connectivity index (χ2n) is 5.77. The zero-order chi connectivity index (χ0) is 13.0. The zero-order valence-electron chi connectivity index (χ0n) is 11.7. The first-order valence-electron chi connectivity index (χ1n) is 7.14. The maximum absolute atomic E-state index is 6.27. The maximum Gasteiger partial charge on any atom is 0.118 e. The van der Waals surface area contributed by atoms with Crippen molar-refractivity contribution in [2.45, 2.75) is 51.6 Å². The summed E-state index contributed by atoms with van der Waals surface area (Å²) in [6.07, 6.45) is 6.47. The molecule has 102 valence electrons. The van der Waals surface area contributed by atoms with E-state index in [1.807, 2.05) is 13.0 Å². The molecule has 0 saturated heterocycles. The summed E-state index contributed by atoms with van der Waals surface area (Å²) in [6, 6.07) is 4.48. The van der Waals surface area contributed by atoms with Gasteiger partial charge in [-0.05, 0) is 44.9 Å². The van der Waals surface area contributed by atoms with Crippen molar-refractivity contribution >= 4 is 0 Å². The Morgan fingerprint density at radius 2 is 2.06 bits per heavy atom. The highest BCUT2D eigenvalue weighted by atomic mass is 16.3. The lowest BCUT2D eigenvalue weighted by atomic mass is 9.95. The summed E-state index contributed by atoms with van der Waals surface area (Å²) in [5, 5.41) is 0. The normalized spacial score (nSPS) is 25.3. The lowest BCUT2D eigenvalue weighted by molar-refractivity contribution is 0.222. The number of hydrogen-bond acceptors (Lipinski definition) is 3. The standard InChI is InChI=1S/C15H26N2O/c1-12-8-9-14(18-12)11-17(2)10-13-6-4-3-5-7-15(13)16/h8-9,13,15H,3-7,10-11,16H2,1-2H3. The van der Waals surface area contributed by atoms with Gasteiger partial charge in [-0.2, -0.15) is 0 Å². The average molecular weight is 250 g/mol. The van der Waals surface area contributed by atoms with E-state index in [-0.39, 0.29) is 0 Å². The molecule has 0 aliphatic heterocycles. The van der Waals surface area contributed by atoms with Gasteiger partial charge < -0.3 is 10.2 Å². The van der Waals surface area contributed by atoms with Gasteiger partial charge in [-0.15, -0.1) is 0 Å². The summed E-state index contributed by atoms with van der Waals surface area (Å²) in [4.78, 5) is 2.34. The van der Waals surface area contributed by atoms with Gasteiger partial charge in [-0.3, -0.25) is 4.90 Å². The molecule has 0 spiro atoms. The van der Waals surface area contributed by atoms with E-state index in [9.17, 15) is 0 Å². The number of rotatable bonds is 4. The first-order valence-corrected chi connectivity index (χ1v) is 7.14. The molecule has 3 heteroatoms. The predicted octanol–water partition coefficient (Wildman–Crippen LogP) is 2.93. The highest BCUT2D eigenvalue weighted by Crippen LogP contribution is 2.23. The fourth-order valence-electron chi connectivity index (χ4n) is 2.94. The fraction of sp³-hybridized carbons (Fsp3) is 0.733. The van der Waals surface area contributed by atoms with Crippen molar-refractivity contribution in [2.24, 2.45) is 11.7 Å². The first kappa shape index (κ1) is 13.6. The first-order chi connectivity index (χ1) is 8.65. The molecule has 2 rings (SSSR count).